The summed E-state index contributed by atoms with van der Waals surface area (Å²) in [6.07, 6.45) is 2.26. The molecule has 1 fully saturated rings. The van der Waals surface area contributed by atoms with E-state index in [0.717, 1.165) is 30.7 Å². The number of amides is 1. The largest absolute Gasteiger partial charge is 0.347 e. The second-order valence-electron chi connectivity index (χ2n) is 7.03. The standard InChI is InChI=1S/C19H20FN5O2S/c1-12-5-4-8-24(11-12)19-23-25-15(9-16(26)22-18(25)28-19)17(27)21-10-13-6-2-3-7-14(13)20/h2-3,6-7,9,12H,4-5,8,10-11H2,1H3,(H,21,27)/t12-/m1/s1. The number of nitrogens with zero attached hydrogens (tertiary/aromatic N) is 4. The first kappa shape index (κ1) is 18.5. The first-order chi connectivity index (χ1) is 13.5. The molecular formula is C19H20FN5O2S. The molecule has 28 heavy (non-hydrogen) atoms. The number of piperidine rings is 1. The fraction of sp³-hybridized carbons (Fsp3) is 0.368. The van der Waals surface area contributed by atoms with Gasteiger partial charge < -0.3 is 10.2 Å². The summed E-state index contributed by atoms with van der Waals surface area (Å²) >= 11 is 1.30. The summed E-state index contributed by atoms with van der Waals surface area (Å²) < 4.78 is 15.2. The lowest BCUT2D eigenvalue weighted by Gasteiger charge is -2.30. The van der Waals surface area contributed by atoms with Gasteiger partial charge in [-0.1, -0.05) is 36.5 Å². The number of halogens is 1. The number of carbonyl (C=O) groups excluding carboxylic acids is 1. The molecule has 0 bridgehead atoms. The van der Waals surface area contributed by atoms with Crippen molar-refractivity contribution in [3.63, 3.8) is 0 Å². The molecule has 4 rings (SSSR count). The van der Waals surface area contributed by atoms with Crippen LogP contribution in [0.3, 0.4) is 0 Å². The van der Waals surface area contributed by atoms with Gasteiger partial charge in [0.25, 0.3) is 11.5 Å². The van der Waals surface area contributed by atoms with E-state index < -0.39 is 17.3 Å². The van der Waals surface area contributed by atoms with Crippen molar-refractivity contribution in [2.75, 3.05) is 18.0 Å². The Morgan fingerprint density at radius 2 is 2.21 bits per heavy atom. The lowest BCUT2D eigenvalue weighted by molar-refractivity contribution is 0.0943. The predicted octanol–water partition coefficient (Wildman–Crippen LogP) is 2.46. The minimum atomic E-state index is -0.502. The summed E-state index contributed by atoms with van der Waals surface area (Å²) in [7, 11) is 0. The van der Waals surface area contributed by atoms with Crippen molar-refractivity contribution >= 4 is 27.3 Å². The Morgan fingerprint density at radius 3 is 3.00 bits per heavy atom. The molecule has 1 amide bonds. The molecule has 7 nitrogen and oxygen atoms in total. The van der Waals surface area contributed by atoms with Crippen molar-refractivity contribution in [1.29, 1.82) is 0 Å². The minimum Gasteiger partial charge on any atom is -0.347 e. The number of hydrogen-bond acceptors (Lipinski definition) is 6. The number of hydrogen-bond donors (Lipinski definition) is 1. The van der Waals surface area contributed by atoms with Crippen LogP contribution in [-0.4, -0.2) is 33.6 Å². The molecule has 1 atom stereocenters. The normalized spacial score (nSPS) is 17.1. The highest BCUT2D eigenvalue weighted by atomic mass is 32.1. The second kappa shape index (κ2) is 7.67. The van der Waals surface area contributed by atoms with Gasteiger partial charge in [-0.2, -0.15) is 9.50 Å². The third-order valence-electron chi connectivity index (χ3n) is 4.80. The molecule has 3 heterocycles. The van der Waals surface area contributed by atoms with Crippen LogP contribution in [0.2, 0.25) is 0 Å². The zero-order valence-electron chi connectivity index (χ0n) is 15.4. The van der Waals surface area contributed by atoms with E-state index in [1.54, 1.807) is 18.2 Å². The maximum Gasteiger partial charge on any atom is 0.274 e. The number of nitrogens with one attached hydrogen (secondary N) is 1. The van der Waals surface area contributed by atoms with E-state index in [-0.39, 0.29) is 12.2 Å². The summed E-state index contributed by atoms with van der Waals surface area (Å²) in [6, 6.07) is 7.38. The molecule has 3 aromatic rings. The molecule has 146 valence electrons. The van der Waals surface area contributed by atoms with E-state index in [2.05, 4.69) is 27.2 Å². The van der Waals surface area contributed by atoms with Gasteiger partial charge in [0.2, 0.25) is 10.1 Å². The van der Waals surface area contributed by atoms with Crippen LogP contribution >= 0.6 is 11.3 Å². The van der Waals surface area contributed by atoms with Crippen LogP contribution in [0.15, 0.2) is 35.1 Å². The fourth-order valence-electron chi connectivity index (χ4n) is 3.37. The number of benzene rings is 1. The number of aromatic nitrogens is 3. The van der Waals surface area contributed by atoms with Crippen LogP contribution in [0, 0.1) is 11.7 Å². The van der Waals surface area contributed by atoms with Crippen molar-refractivity contribution in [1.82, 2.24) is 19.9 Å². The Kier molecular flexibility index (Phi) is 5.08. The van der Waals surface area contributed by atoms with Crippen LogP contribution in [0.25, 0.3) is 4.96 Å². The van der Waals surface area contributed by atoms with Crippen molar-refractivity contribution < 1.29 is 9.18 Å². The molecule has 1 N–H and O–H groups in total. The Morgan fingerprint density at radius 1 is 1.39 bits per heavy atom. The average molecular weight is 401 g/mol. The fourth-order valence-corrected chi connectivity index (χ4v) is 4.31. The van der Waals surface area contributed by atoms with Gasteiger partial charge in [-0.05, 0) is 24.8 Å². The Balaban J connectivity index is 1.61. The first-order valence-electron chi connectivity index (χ1n) is 9.19. The van der Waals surface area contributed by atoms with Crippen molar-refractivity contribution in [2.45, 2.75) is 26.3 Å². The highest BCUT2D eigenvalue weighted by Crippen LogP contribution is 2.27. The van der Waals surface area contributed by atoms with Gasteiger partial charge in [0, 0.05) is 31.3 Å². The molecule has 0 unspecified atom stereocenters. The monoisotopic (exact) mass is 401 g/mol. The third-order valence-corrected chi connectivity index (χ3v) is 5.77. The Bertz CT molecular complexity index is 1080. The Hall–Kier alpha value is -2.81. The van der Waals surface area contributed by atoms with Crippen LogP contribution in [0.5, 0.6) is 0 Å². The molecular weight excluding hydrogens is 381 g/mol. The lowest BCUT2D eigenvalue weighted by atomic mass is 10.0. The van der Waals surface area contributed by atoms with Gasteiger partial charge >= 0.3 is 0 Å². The van der Waals surface area contributed by atoms with E-state index in [4.69, 9.17) is 0 Å². The van der Waals surface area contributed by atoms with E-state index in [1.165, 1.54) is 28.3 Å². The Labute approximate surface area is 164 Å². The molecule has 0 aliphatic carbocycles. The topological polar surface area (TPSA) is 79.6 Å². The molecule has 1 aliphatic rings. The van der Waals surface area contributed by atoms with E-state index in [9.17, 15) is 14.0 Å². The van der Waals surface area contributed by atoms with Gasteiger partial charge in [0.1, 0.15) is 11.5 Å². The van der Waals surface area contributed by atoms with Crippen LogP contribution in [0.4, 0.5) is 9.52 Å². The molecule has 9 heteroatoms. The summed E-state index contributed by atoms with van der Waals surface area (Å²) in [5.74, 6) is -0.325. The quantitative estimate of drug-likeness (QED) is 0.727. The smallest absolute Gasteiger partial charge is 0.274 e. The lowest BCUT2D eigenvalue weighted by Crippen LogP contribution is -2.34. The SMILES string of the molecule is C[C@@H]1CCCN(c2nn3c(C(=O)NCc4ccccc4F)cc(=O)nc3s2)C1. The molecule has 1 aliphatic heterocycles. The molecule has 1 aromatic carbocycles. The van der Waals surface area contributed by atoms with Crippen LogP contribution < -0.4 is 15.8 Å². The summed E-state index contributed by atoms with van der Waals surface area (Å²) in [4.78, 5) is 31.2. The maximum atomic E-state index is 13.8. The number of rotatable bonds is 4. The zero-order chi connectivity index (χ0) is 19.7. The first-order valence-corrected chi connectivity index (χ1v) is 10.0. The van der Waals surface area contributed by atoms with E-state index in [0.29, 0.717) is 16.4 Å². The van der Waals surface area contributed by atoms with Gasteiger partial charge in [-0.15, -0.1) is 5.10 Å². The van der Waals surface area contributed by atoms with Gasteiger partial charge in [0.15, 0.2) is 0 Å². The zero-order valence-corrected chi connectivity index (χ0v) is 16.2. The summed E-state index contributed by atoms with van der Waals surface area (Å²) in [6.45, 7) is 4.00. The van der Waals surface area contributed by atoms with E-state index >= 15 is 0 Å². The second-order valence-corrected chi connectivity index (χ2v) is 7.96. The highest BCUT2D eigenvalue weighted by Gasteiger charge is 2.22. The molecule has 1 saturated heterocycles. The molecule has 0 spiro atoms. The predicted molar refractivity (Wildman–Crippen MR) is 105 cm³/mol. The summed E-state index contributed by atoms with van der Waals surface area (Å²) in [5.41, 5.74) is -0.0353. The molecule has 0 radical (unpaired) electrons. The van der Waals surface area contributed by atoms with Crippen LogP contribution in [0.1, 0.15) is 35.8 Å². The number of fused-ring (bicyclic) bond motifs is 1. The van der Waals surface area contributed by atoms with Crippen molar-refractivity contribution in [3.8, 4) is 0 Å². The number of carbonyl (C=O) groups is 1. The van der Waals surface area contributed by atoms with Crippen molar-refractivity contribution in [3.05, 3.63) is 57.8 Å². The average Bonchev–Trinajstić information content (AvgIpc) is 3.10. The van der Waals surface area contributed by atoms with Gasteiger partial charge in [-0.3, -0.25) is 9.59 Å². The highest BCUT2D eigenvalue weighted by molar-refractivity contribution is 7.20. The minimum absolute atomic E-state index is 0.0186. The number of anilines is 1. The molecule has 2 aromatic heterocycles. The summed E-state index contributed by atoms with van der Waals surface area (Å²) in [5, 5.41) is 7.93. The van der Waals surface area contributed by atoms with Crippen LogP contribution in [-0.2, 0) is 6.54 Å². The van der Waals surface area contributed by atoms with E-state index in [1.807, 2.05) is 0 Å². The van der Waals surface area contributed by atoms with Gasteiger partial charge in [-0.25, -0.2) is 4.39 Å². The van der Waals surface area contributed by atoms with Gasteiger partial charge in [0.05, 0.1) is 0 Å². The third kappa shape index (κ3) is 3.75. The maximum absolute atomic E-state index is 13.8. The van der Waals surface area contributed by atoms with Crippen molar-refractivity contribution in [2.24, 2.45) is 5.92 Å². The molecule has 0 saturated carbocycles.